The summed E-state index contributed by atoms with van der Waals surface area (Å²) in [6.07, 6.45) is -0.458. The van der Waals surface area contributed by atoms with Crippen LogP contribution >= 0.6 is 11.8 Å². The summed E-state index contributed by atoms with van der Waals surface area (Å²) in [7, 11) is -3.19. The monoisotopic (exact) mass is 543 g/mol. The fraction of sp³-hybridized carbons (Fsp3) is 0.444. The molecule has 2 amide bonds. The topological polar surface area (TPSA) is 105 Å². The zero-order valence-electron chi connectivity index (χ0n) is 21.7. The largest absolute Gasteiger partial charge is 0.444 e. The molecule has 0 aromatic heterocycles. The molecule has 0 spiro atoms. The second-order valence-corrected chi connectivity index (χ2v) is 13.9. The minimum atomic E-state index is -3.19. The van der Waals surface area contributed by atoms with Crippen molar-refractivity contribution in [1.29, 1.82) is 0 Å². The fourth-order valence-electron chi connectivity index (χ4n) is 4.51. The zero-order chi connectivity index (χ0) is 27.0. The summed E-state index contributed by atoms with van der Waals surface area (Å²) in [4.78, 5) is 32.5. The van der Waals surface area contributed by atoms with E-state index in [1.807, 2.05) is 67.3 Å². The standard InChI is InChI=1S/C27H33N3O5S2/c1-17-10-9-13-21(18(17)2)30-22-15-37(33,34)16-23(22)36-25(30)29-24(31)20(14-19-11-7-6-8-12-19)28-26(32)35-27(3,4)5/h6-13,20,22-23H,14-16H2,1-5H3,(H,28,32)/t20-,22-,23-/m0/s1. The molecule has 0 radical (unpaired) electrons. The second kappa shape index (κ2) is 10.5. The number of sulfone groups is 1. The third-order valence-corrected chi connectivity index (χ3v) is 9.59. The van der Waals surface area contributed by atoms with Crippen molar-refractivity contribution < 1.29 is 22.7 Å². The Morgan fingerprint density at radius 1 is 1.11 bits per heavy atom. The van der Waals surface area contributed by atoms with Gasteiger partial charge in [0.15, 0.2) is 15.0 Å². The molecular weight excluding hydrogens is 510 g/mol. The van der Waals surface area contributed by atoms with E-state index in [-0.39, 0.29) is 29.2 Å². The Morgan fingerprint density at radius 3 is 2.49 bits per heavy atom. The van der Waals surface area contributed by atoms with Gasteiger partial charge in [-0.2, -0.15) is 4.99 Å². The molecule has 198 valence electrons. The number of amides is 2. The maximum Gasteiger partial charge on any atom is 0.408 e. The molecule has 2 heterocycles. The van der Waals surface area contributed by atoms with E-state index in [2.05, 4.69) is 10.3 Å². The first-order valence-electron chi connectivity index (χ1n) is 12.2. The number of rotatable bonds is 5. The number of anilines is 1. The average molecular weight is 544 g/mol. The van der Waals surface area contributed by atoms with Crippen LogP contribution in [0.3, 0.4) is 0 Å². The predicted molar refractivity (Wildman–Crippen MR) is 148 cm³/mol. The average Bonchev–Trinajstić information content (AvgIpc) is 3.25. The minimum absolute atomic E-state index is 0.00879. The van der Waals surface area contributed by atoms with Gasteiger partial charge in [0.05, 0.1) is 17.5 Å². The number of benzene rings is 2. The molecule has 2 aliphatic rings. The van der Waals surface area contributed by atoms with Crippen molar-refractivity contribution in [2.24, 2.45) is 4.99 Å². The number of aliphatic imine (C=N–C) groups is 1. The van der Waals surface area contributed by atoms with Crippen LogP contribution in [0.1, 0.15) is 37.5 Å². The van der Waals surface area contributed by atoms with Crippen LogP contribution in [0, 0.1) is 13.8 Å². The maximum atomic E-state index is 13.6. The van der Waals surface area contributed by atoms with E-state index >= 15 is 0 Å². The molecule has 37 heavy (non-hydrogen) atoms. The zero-order valence-corrected chi connectivity index (χ0v) is 23.4. The van der Waals surface area contributed by atoms with Crippen molar-refractivity contribution in [3.63, 3.8) is 0 Å². The number of fused-ring (bicyclic) bond motifs is 1. The molecule has 2 saturated heterocycles. The van der Waals surface area contributed by atoms with E-state index in [1.54, 1.807) is 20.8 Å². The number of nitrogens with zero attached hydrogens (tertiary/aromatic N) is 2. The van der Waals surface area contributed by atoms with Gasteiger partial charge in [-0.1, -0.05) is 54.2 Å². The van der Waals surface area contributed by atoms with Gasteiger partial charge in [-0.3, -0.25) is 4.79 Å². The molecule has 2 aliphatic heterocycles. The molecule has 8 nitrogen and oxygen atoms in total. The van der Waals surface area contributed by atoms with E-state index in [9.17, 15) is 18.0 Å². The number of hydrogen-bond acceptors (Lipinski definition) is 6. The van der Waals surface area contributed by atoms with Crippen LogP contribution in [0.5, 0.6) is 0 Å². The lowest BCUT2D eigenvalue weighted by Crippen LogP contribution is -2.45. The van der Waals surface area contributed by atoms with Gasteiger partial charge in [0.2, 0.25) is 0 Å². The number of carbonyl (C=O) groups excluding carboxylic acids is 2. The number of carbonyl (C=O) groups is 2. The molecule has 2 fully saturated rings. The molecule has 2 aromatic rings. The van der Waals surface area contributed by atoms with Crippen LogP contribution in [0.4, 0.5) is 10.5 Å². The molecule has 2 aromatic carbocycles. The summed E-state index contributed by atoms with van der Waals surface area (Å²) in [5, 5.41) is 2.92. The van der Waals surface area contributed by atoms with Crippen LogP contribution in [0.2, 0.25) is 0 Å². The van der Waals surface area contributed by atoms with Crippen LogP contribution in [0.25, 0.3) is 0 Å². The first-order valence-corrected chi connectivity index (χ1v) is 14.9. The molecule has 1 N–H and O–H groups in total. The maximum absolute atomic E-state index is 13.6. The van der Waals surface area contributed by atoms with Crippen molar-refractivity contribution in [3.8, 4) is 0 Å². The smallest absolute Gasteiger partial charge is 0.408 e. The predicted octanol–water partition coefficient (Wildman–Crippen LogP) is 4.04. The second-order valence-electron chi connectivity index (χ2n) is 10.5. The number of thioether (sulfide) groups is 1. The molecule has 10 heteroatoms. The van der Waals surface area contributed by atoms with E-state index in [0.717, 1.165) is 22.4 Å². The Bertz CT molecular complexity index is 1320. The van der Waals surface area contributed by atoms with Gasteiger partial charge in [0, 0.05) is 17.4 Å². The lowest BCUT2D eigenvalue weighted by Gasteiger charge is -2.27. The molecule has 3 atom stereocenters. The third kappa shape index (κ3) is 6.54. The summed E-state index contributed by atoms with van der Waals surface area (Å²) < 4.78 is 30.3. The Morgan fingerprint density at radius 2 is 1.81 bits per heavy atom. The van der Waals surface area contributed by atoms with Crippen molar-refractivity contribution in [3.05, 3.63) is 65.2 Å². The molecule has 0 aliphatic carbocycles. The summed E-state index contributed by atoms with van der Waals surface area (Å²) in [6.45, 7) is 9.24. The number of nitrogens with one attached hydrogen (secondary N) is 1. The number of ether oxygens (including phenoxy) is 1. The number of aryl methyl sites for hydroxylation is 1. The molecule has 0 bridgehead atoms. The Labute approximate surface area is 222 Å². The van der Waals surface area contributed by atoms with E-state index in [4.69, 9.17) is 4.74 Å². The molecule has 4 rings (SSSR count). The summed E-state index contributed by atoms with van der Waals surface area (Å²) in [6, 6.07) is 14.0. The Hall–Kier alpha value is -2.85. The highest BCUT2D eigenvalue weighted by Crippen LogP contribution is 2.42. The quantitative estimate of drug-likeness (QED) is 0.607. The van der Waals surface area contributed by atoms with Crippen molar-refractivity contribution in [1.82, 2.24) is 5.32 Å². The van der Waals surface area contributed by atoms with E-state index in [1.165, 1.54) is 11.8 Å². The normalized spacial score (nSPS) is 22.5. The number of amidine groups is 1. The lowest BCUT2D eigenvalue weighted by atomic mass is 10.1. The Kier molecular flexibility index (Phi) is 7.71. The van der Waals surface area contributed by atoms with Gasteiger partial charge in [-0.05, 0) is 57.4 Å². The van der Waals surface area contributed by atoms with Gasteiger partial charge >= 0.3 is 6.09 Å². The minimum Gasteiger partial charge on any atom is -0.444 e. The first-order chi connectivity index (χ1) is 17.3. The lowest BCUT2D eigenvalue weighted by molar-refractivity contribution is -0.119. The van der Waals surface area contributed by atoms with Crippen molar-refractivity contribution >= 4 is 44.5 Å². The number of hydrogen-bond donors (Lipinski definition) is 1. The molecule has 0 unspecified atom stereocenters. The fourth-order valence-corrected chi connectivity index (χ4v) is 8.43. The van der Waals surface area contributed by atoms with Crippen LogP contribution in [0.15, 0.2) is 53.5 Å². The van der Waals surface area contributed by atoms with E-state index < -0.39 is 33.5 Å². The Balaban J connectivity index is 1.68. The third-order valence-electron chi connectivity index (χ3n) is 6.38. The van der Waals surface area contributed by atoms with Gasteiger partial charge in [0.1, 0.15) is 11.6 Å². The van der Waals surface area contributed by atoms with Gasteiger partial charge in [-0.15, -0.1) is 0 Å². The summed E-state index contributed by atoms with van der Waals surface area (Å²) in [5.74, 6) is -0.467. The van der Waals surface area contributed by atoms with Crippen molar-refractivity contribution in [2.75, 3.05) is 16.4 Å². The van der Waals surface area contributed by atoms with Crippen LogP contribution in [-0.2, 0) is 25.8 Å². The van der Waals surface area contributed by atoms with Gasteiger partial charge in [0.25, 0.3) is 5.91 Å². The van der Waals surface area contributed by atoms with E-state index in [0.29, 0.717) is 5.17 Å². The van der Waals surface area contributed by atoms with Crippen molar-refractivity contribution in [2.45, 2.75) is 64.0 Å². The highest BCUT2D eigenvalue weighted by Gasteiger charge is 2.50. The molecular formula is C27H33N3O5S2. The molecule has 0 saturated carbocycles. The highest BCUT2D eigenvalue weighted by atomic mass is 32.2. The first kappa shape index (κ1) is 27.2. The van der Waals surface area contributed by atoms with Crippen LogP contribution < -0.4 is 10.2 Å². The SMILES string of the molecule is Cc1cccc(N2C(=NC(=O)[C@H](Cc3ccccc3)NC(=O)OC(C)(C)C)S[C@H]3CS(=O)(=O)C[C@@H]32)c1C. The summed E-state index contributed by atoms with van der Waals surface area (Å²) >= 11 is 1.31. The number of alkyl carbamates (subject to hydrolysis) is 1. The van der Waals surface area contributed by atoms with Gasteiger partial charge in [-0.25, -0.2) is 13.2 Å². The van der Waals surface area contributed by atoms with Gasteiger partial charge < -0.3 is 15.0 Å². The summed E-state index contributed by atoms with van der Waals surface area (Å²) in [5.41, 5.74) is 3.04. The highest BCUT2D eigenvalue weighted by molar-refractivity contribution is 8.16. The van der Waals surface area contributed by atoms with Crippen LogP contribution in [-0.4, -0.2) is 60.0 Å².